The fourth-order valence-corrected chi connectivity index (χ4v) is 1.97. The van der Waals surface area contributed by atoms with Crippen molar-refractivity contribution in [2.45, 2.75) is 37.3 Å². The number of halogens is 3. The second-order valence-electron chi connectivity index (χ2n) is 4.06. The fraction of sp³-hybridized carbons (Fsp3) is 0.889. The smallest absolute Gasteiger partial charge is 0.368 e. The maximum atomic E-state index is 12.5. The molecule has 2 aliphatic heterocycles. The van der Waals surface area contributed by atoms with Gasteiger partial charge in [-0.3, -0.25) is 4.79 Å². The summed E-state index contributed by atoms with van der Waals surface area (Å²) in [6.45, 7) is 0.309. The minimum absolute atomic E-state index is 0.0747. The van der Waals surface area contributed by atoms with Gasteiger partial charge in [0.25, 0.3) is 5.91 Å². The molecule has 0 bridgehead atoms. The Kier molecular flexibility index (Phi) is 2.62. The number of nitrogens with zero attached hydrogens (tertiary/aromatic N) is 1. The Morgan fingerprint density at radius 2 is 2.19 bits per heavy atom. The van der Waals surface area contributed by atoms with Gasteiger partial charge < -0.3 is 14.7 Å². The van der Waals surface area contributed by atoms with Crippen LogP contribution >= 0.6 is 0 Å². The third kappa shape index (κ3) is 1.58. The molecule has 0 aromatic carbocycles. The quantitative estimate of drug-likeness (QED) is 0.730. The molecule has 2 fully saturated rings. The van der Waals surface area contributed by atoms with E-state index in [1.807, 2.05) is 0 Å². The summed E-state index contributed by atoms with van der Waals surface area (Å²) < 4.78 is 42.5. The van der Waals surface area contributed by atoms with Crippen LogP contribution in [0.1, 0.15) is 19.3 Å². The Morgan fingerprint density at radius 1 is 1.50 bits per heavy atom. The van der Waals surface area contributed by atoms with Crippen LogP contribution in [0.3, 0.4) is 0 Å². The lowest BCUT2D eigenvalue weighted by atomic mass is 9.96. The molecule has 2 atom stereocenters. The summed E-state index contributed by atoms with van der Waals surface area (Å²) in [5.41, 5.74) is -2.99. The lowest BCUT2D eigenvalue weighted by Crippen LogP contribution is -2.70. The molecule has 16 heavy (non-hydrogen) atoms. The summed E-state index contributed by atoms with van der Waals surface area (Å²) in [5.74, 6) is -0.761. The van der Waals surface area contributed by atoms with E-state index in [-0.39, 0.29) is 6.54 Å². The molecule has 1 N–H and O–H groups in total. The van der Waals surface area contributed by atoms with Crippen molar-refractivity contribution in [3.8, 4) is 0 Å². The molecule has 1 amide bonds. The van der Waals surface area contributed by atoms with Crippen molar-refractivity contribution in [3.63, 3.8) is 0 Å². The summed E-state index contributed by atoms with van der Waals surface area (Å²) in [6.07, 6.45) is -5.01. The predicted octanol–water partition coefficient (Wildman–Crippen LogP) is 0.649. The average Bonchev–Trinajstić information content (AvgIpc) is 2.65. The Balaban J connectivity index is 2.08. The molecule has 92 valence electrons. The Morgan fingerprint density at radius 3 is 2.56 bits per heavy atom. The Bertz CT molecular complexity index is 301. The number of aliphatic hydroxyl groups is 1. The van der Waals surface area contributed by atoms with Gasteiger partial charge in [0, 0.05) is 19.6 Å². The van der Waals surface area contributed by atoms with Gasteiger partial charge in [-0.1, -0.05) is 0 Å². The summed E-state index contributed by atoms with van der Waals surface area (Å²) >= 11 is 0. The lowest BCUT2D eigenvalue weighted by Gasteiger charge is -2.49. The Labute approximate surface area is 90.0 Å². The van der Waals surface area contributed by atoms with Gasteiger partial charge in [0.15, 0.2) is 0 Å². The van der Waals surface area contributed by atoms with Gasteiger partial charge in [0.1, 0.15) is 6.10 Å². The van der Waals surface area contributed by atoms with E-state index in [9.17, 15) is 23.1 Å². The first-order valence-electron chi connectivity index (χ1n) is 5.08. The standard InChI is InChI=1S/C9H12F3NO3/c10-9(11,12)8(15)3-4-13(8)7(14)6-2-1-5-16-6/h6,15H,1-5H2. The van der Waals surface area contributed by atoms with Crippen molar-refractivity contribution in [2.24, 2.45) is 0 Å². The van der Waals surface area contributed by atoms with Gasteiger partial charge in [-0.05, 0) is 12.8 Å². The minimum atomic E-state index is -4.81. The number of ether oxygens (including phenoxy) is 1. The van der Waals surface area contributed by atoms with Crippen LogP contribution < -0.4 is 0 Å². The molecule has 2 rings (SSSR count). The maximum Gasteiger partial charge on any atom is 0.436 e. The highest BCUT2D eigenvalue weighted by molar-refractivity contribution is 5.82. The van der Waals surface area contributed by atoms with E-state index >= 15 is 0 Å². The van der Waals surface area contributed by atoms with Crippen molar-refractivity contribution in [1.29, 1.82) is 0 Å². The van der Waals surface area contributed by atoms with Crippen LogP contribution in [0.25, 0.3) is 0 Å². The highest BCUT2D eigenvalue weighted by Crippen LogP contribution is 2.43. The van der Waals surface area contributed by atoms with E-state index in [0.29, 0.717) is 24.3 Å². The predicted molar refractivity (Wildman–Crippen MR) is 46.3 cm³/mol. The number of carbonyl (C=O) groups excluding carboxylic acids is 1. The normalized spacial score (nSPS) is 35.0. The zero-order chi connectivity index (χ0) is 12.0. The van der Waals surface area contributed by atoms with Crippen molar-refractivity contribution in [2.75, 3.05) is 13.2 Å². The van der Waals surface area contributed by atoms with E-state index in [0.717, 1.165) is 0 Å². The van der Waals surface area contributed by atoms with Crippen LogP contribution in [-0.2, 0) is 9.53 Å². The molecule has 0 radical (unpaired) electrons. The SMILES string of the molecule is O=C(C1CCCO1)N1CCC1(O)C(F)(F)F. The zero-order valence-electron chi connectivity index (χ0n) is 8.46. The summed E-state index contributed by atoms with van der Waals surface area (Å²) in [5, 5.41) is 9.36. The van der Waals surface area contributed by atoms with Crippen LogP contribution in [0.2, 0.25) is 0 Å². The third-order valence-corrected chi connectivity index (χ3v) is 3.06. The van der Waals surface area contributed by atoms with Gasteiger partial charge in [0.2, 0.25) is 5.72 Å². The molecule has 0 saturated carbocycles. The van der Waals surface area contributed by atoms with E-state index < -0.39 is 30.3 Å². The largest absolute Gasteiger partial charge is 0.436 e. The van der Waals surface area contributed by atoms with Crippen molar-refractivity contribution in [1.82, 2.24) is 4.90 Å². The van der Waals surface area contributed by atoms with Gasteiger partial charge in [0.05, 0.1) is 0 Å². The molecule has 7 heteroatoms. The molecule has 0 spiro atoms. The molecule has 2 unspecified atom stereocenters. The first kappa shape index (κ1) is 11.7. The number of hydrogen-bond donors (Lipinski definition) is 1. The van der Waals surface area contributed by atoms with Gasteiger partial charge in [-0.15, -0.1) is 0 Å². The topological polar surface area (TPSA) is 49.8 Å². The number of amides is 1. The van der Waals surface area contributed by atoms with Crippen LogP contribution in [0.4, 0.5) is 13.2 Å². The molecule has 0 aromatic rings. The van der Waals surface area contributed by atoms with Crippen molar-refractivity contribution < 1.29 is 27.8 Å². The molecular weight excluding hydrogens is 227 g/mol. The first-order valence-corrected chi connectivity index (χ1v) is 5.08. The number of alkyl halides is 3. The molecule has 0 aliphatic carbocycles. The molecule has 4 nitrogen and oxygen atoms in total. The monoisotopic (exact) mass is 239 g/mol. The van der Waals surface area contributed by atoms with E-state index in [1.165, 1.54) is 0 Å². The summed E-state index contributed by atoms with van der Waals surface area (Å²) in [6, 6.07) is 0. The minimum Gasteiger partial charge on any atom is -0.368 e. The van der Waals surface area contributed by atoms with Crippen LogP contribution in [0.15, 0.2) is 0 Å². The van der Waals surface area contributed by atoms with Crippen LogP contribution in [0.5, 0.6) is 0 Å². The van der Waals surface area contributed by atoms with Crippen LogP contribution in [0, 0.1) is 0 Å². The number of rotatable bonds is 1. The highest BCUT2D eigenvalue weighted by atomic mass is 19.4. The van der Waals surface area contributed by atoms with E-state index in [2.05, 4.69) is 0 Å². The van der Waals surface area contributed by atoms with Crippen LogP contribution in [-0.4, -0.2) is 47.1 Å². The molecule has 2 saturated heterocycles. The number of carbonyl (C=O) groups is 1. The highest BCUT2D eigenvalue weighted by Gasteiger charge is 2.65. The Hall–Kier alpha value is -0.820. The van der Waals surface area contributed by atoms with E-state index in [4.69, 9.17) is 4.74 Å². The second-order valence-corrected chi connectivity index (χ2v) is 4.06. The fourth-order valence-electron chi connectivity index (χ4n) is 1.97. The van der Waals surface area contributed by atoms with Crippen molar-refractivity contribution >= 4 is 5.91 Å². The van der Waals surface area contributed by atoms with E-state index in [1.54, 1.807) is 0 Å². The molecule has 0 aromatic heterocycles. The second kappa shape index (κ2) is 3.59. The number of hydrogen-bond acceptors (Lipinski definition) is 3. The van der Waals surface area contributed by atoms with Gasteiger partial charge >= 0.3 is 6.18 Å². The average molecular weight is 239 g/mol. The summed E-state index contributed by atoms with van der Waals surface area (Å²) in [4.78, 5) is 12.1. The maximum absolute atomic E-state index is 12.5. The summed E-state index contributed by atoms with van der Waals surface area (Å²) in [7, 11) is 0. The van der Waals surface area contributed by atoms with Gasteiger partial charge in [-0.25, -0.2) is 0 Å². The molecule has 2 aliphatic rings. The zero-order valence-corrected chi connectivity index (χ0v) is 8.46. The lowest BCUT2D eigenvalue weighted by molar-refractivity contribution is -0.344. The van der Waals surface area contributed by atoms with Crippen molar-refractivity contribution in [3.05, 3.63) is 0 Å². The first-order chi connectivity index (χ1) is 7.36. The number of likely N-dealkylation sites (tertiary alicyclic amines) is 1. The van der Waals surface area contributed by atoms with Gasteiger partial charge in [-0.2, -0.15) is 13.2 Å². The third-order valence-electron chi connectivity index (χ3n) is 3.06. The molecular formula is C9H12F3NO3. The molecule has 2 heterocycles.